The van der Waals surface area contributed by atoms with Crippen LogP contribution in [0.25, 0.3) is 0 Å². The number of carboxylic acids is 1. The molecule has 0 spiro atoms. The van der Waals surface area contributed by atoms with Crippen LogP contribution in [0.4, 0.5) is 0 Å². The minimum absolute atomic E-state index is 0.00974. The number of aryl methyl sites for hydroxylation is 1. The fourth-order valence-electron chi connectivity index (χ4n) is 3.01. The summed E-state index contributed by atoms with van der Waals surface area (Å²) in [6.45, 7) is 3.92. The maximum absolute atomic E-state index is 12.2. The summed E-state index contributed by atoms with van der Waals surface area (Å²) in [7, 11) is 0. The molecule has 2 N–H and O–H groups in total. The third kappa shape index (κ3) is 3.90. The lowest BCUT2D eigenvalue weighted by atomic mass is 9.91. The molecule has 2 atom stereocenters. The van der Waals surface area contributed by atoms with Crippen molar-refractivity contribution < 1.29 is 23.8 Å². The molecule has 2 aromatic heterocycles. The van der Waals surface area contributed by atoms with E-state index in [1.54, 1.807) is 6.20 Å². The summed E-state index contributed by atoms with van der Waals surface area (Å²) in [6.07, 6.45) is 5.53. The van der Waals surface area contributed by atoms with Gasteiger partial charge in [0.25, 0.3) is 5.91 Å². The molecule has 1 aliphatic heterocycles. The molecule has 3 rings (SSSR count). The van der Waals surface area contributed by atoms with Crippen molar-refractivity contribution in [3.05, 3.63) is 41.6 Å². The van der Waals surface area contributed by atoms with E-state index < -0.39 is 11.9 Å². The molecule has 0 bridgehead atoms. The first kappa shape index (κ1) is 17.2. The van der Waals surface area contributed by atoms with E-state index in [2.05, 4.69) is 10.4 Å². The van der Waals surface area contributed by atoms with Crippen LogP contribution in [0.1, 0.15) is 52.5 Å². The normalized spacial score (nSPS) is 20.4. The molecule has 0 aliphatic carbocycles. The van der Waals surface area contributed by atoms with Crippen molar-refractivity contribution in [2.45, 2.75) is 32.4 Å². The van der Waals surface area contributed by atoms with Gasteiger partial charge in [0.05, 0.1) is 12.3 Å². The Balaban J connectivity index is 1.63. The zero-order valence-electron chi connectivity index (χ0n) is 14.0. The van der Waals surface area contributed by atoms with Crippen LogP contribution in [0.15, 0.2) is 28.9 Å². The first-order chi connectivity index (χ1) is 12.1. The third-order valence-electron chi connectivity index (χ3n) is 4.32. The highest BCUT2D eigenvalue weighted by Gasteiger charge is 2.29. The highest BCUT2D eigenvalue weighted by Crippen LogP contribution is 2.33. The van der Waals surface area contributed by atoms with Gasteiger partial charge in [-0.2, -0.15) is 5.10 Å². The number of aromatic carboxylic acids is 1. The van der Waals surface area contributed by atoms with E-state index in [0.29, 0.717) is 13.2 Å². The van der Waals surface area contributed by atoms with Gasteiger partial charge in [-0.1, -0.05) is 0 Å². The summed E-state index contributed by atoms with van der Waals surface area (Å²) < 4.78 is 12.8. The number of amides is 1. The first-order valence-corrected chi connectivity index (χ1v) is 8.33. The van der Waals surface area contributed by atoms with Crippen LogP contribution in [-0.4, -0.2) is 39.9 Å². The van der Waals surface area contributed by atoms with Crippen LogP contribution in [0.2, 0.25) is 0 Å². The average Bonchev–Trinajstić information content (AvgIpc) is 3.29. The summed E-state index contributed by atoms with van der Waals surface area (Å²) in [4.78, 5) is 23.0. The smallest absolute Gasteiger partial charge is 0.371 e. The number of aromatic nitrogens is 2. The molecule has 8 nitrogen and oxygen atoms in total. The Hall–Kier alpha value is -2.61. The number of carbonyl (C=O) groups excluding carboxylic acids is 1. The molecule has 3 heterocycles. The van der Waals surface area contributed by atoms with Gasteiger partial charge >= 0.3 is 5.97 Å². The maximum atomic E-state index is 12.2. The van der Waals surface area contributed by atoms with E-state index in [-0.39, 0.29) is 23.5 Å². The molecule has 1 saturated heterocycles. The zero-order valence-corrected chi connectivity index (χ0v) is 14.0. The van der Waals surface area contributed by atoms with Crippen LogP contribution in [0.3, 0.4) is 0 Å². The van der Waals surface area contributed by atoms with Gasteiger partial charge in [0.1, 0.15) is 0 Å². The third-order valence-corrected chi connectivity index (χ3v) is 4.32. The topological polar surface area (TPSA) is 107 Å². The first-order valence-electron chi connectivity index (χ1n) is 8.33. The Morgan fingerprint density at radius 3 is 2.88 bits per heavy atom. The number of nitrogens with zero attached hydrogens (tertiary/aromatic N) is 2. The van der Waals surface area contributed by atoms with E-state index in [4.69, 9.17) is 14.3 Å². The Morgan fingerprint density at radius 1 is 1.40 bits per heavy atom. The Morgan fingerprint density at radius 2 is 2.20 bits per heavy atom. The standard InChI is InChI=1S/C17H21N3O5/c1-2-20-10-12(9-19-20)15-11(4-3-7-24-15)8-18-16(21)13-5-6-14(25-13)17(22)23/h5-6,9-11,15H,2-4,7-8H2,1H3,(H,18,21)(H,22,23)/t11-,15+/m0/s1. The second-order valence-corrected chi connectivity index (χ2v) is 6.00. The van der Waals surface area contributed by atoms with Gasteiger partial charge in [-0.15, -0.1) is 0 Å². The van der Waals surface area contributed by atoms with Crippen molar-refractivity contribution in [1.82, 2.24) is 15.1 Å². The molecule has 1 fully saturated rings. The number of hydrogen-bond acceptors (Lipinski definition) is 5. The number of hydrogen-bond donors (Lipinski definition) is 2. The molecule has 1 aliphatic rings. The average molecular weight is 347 g/mol. The molecule has 2 aromatic rings. The summed E-state index contributed by atoms with van der Waals surface area (Å²) in [6, 6.07) is 2.63. The summed E-state index contributed by atoms with van der Waals surface area (Å²) in [5, 5.41) is 15.9. The van der Waals surface area contributed by atoms with Crippen LogP contribution >= 0.6 is 0 Å². The fraction of sp³-hybridized carbons (Fsp3) is 0.471. The van der Waals surface area contributed by atoms with E-state index in [9.17, 15) is 9.59 Å². The van der Waals surface area contributed by atoms with Crippen molar-refractivity contribution >= 4 is 11.9 Å². The number of furan rings is 1. The second-order valence-electron chi connectivity index (χ2n) is 6.00. The van der Waals surface area contributed by atoms with Gasteiger partial charge in [0.2, 0.25) is 5.76 Å². The SMILES string of the molecule is CCn1cc([C@@H]2OCCC[C@H]2CNC(=O)c2ccc(C(=O)O)o2)cn1. The molecule has 0 radical (unpaired) electrons. The maximum Gasteiger partial charge on any atom is 0.371 e. The Labute approximate surface area is 144 Å². The number of carboxylic acid groups (broad SMARTS) is 1. The highest BCUT2D eigenvalue weighted by atomic mass is 16.5. The zero-order chi connectivity index (χ0) is 17.8. The Bertz CT molecular complexity index is 751. The number of nitrogens with one attached hydrogen (secondary N) is 1. The van der Waals surface area contributed by atoms with Crippen molar-refractivity contribution in [3.8, 4) is 0 Å². The molecule has 0 unspecified atom stereocenters. The number of rotatable bonds is 6. The number of carbonyl (C=O) groups is 2. The minimum atomic E-state index is -1.20. The summed E-state index contributed by atoms with van der Waals surface area (Å²) >= 11 is 0. The predicted octanol–water partition coefficient (Wildman–Crippen LogP) is 2.09. The van der Waals surface area contributed by atoms with E-state index in [0.717, 1.165) is 24.9 Å². The molecule has 8 heteroatoms. The van der Waals surface area contributed by atoms with E-state index in [1.165, 1.54) is 12.1 Å². The van der Waals surface area contributed by atoms with Gasteiger partial charge in [0.15, 0.2) is 5.76 Å². The largest absolute Gasteiger partial charge is 0.475 e. The second kappa shape index (κ2) is 7.52. The van der Waals surface area contributed by atoms with Gasteiger partial charge in [-0.05, 0) is 31.9 Å². The van der Waals surface area contributed by atoms with E-state index in [1.807, 2.05) is 17.8 Å². The lowest BCUT2D eigenvalue weighted by Crippen LogP contribution is -2.34. The number of ether oxygens (including phenoxy) is 1. The lowest BCUT2D eigenvalue weighted by Gasteiger charge is -2.31. The van der Waals surface area contributed by atoms with Gasteiger partial charge in [-0.25, -0.2) is 4.79 Å². The molecular weight excluding hydrogens is 326 g/mol. The summed E-state index contributed by atoms with van der Waals surface area (Å²) in [5.74, 6) is -1.77. The molecule has 0 aromatic carbocycles. The van der Waals surface area contributed by atoms with Crippen molar-refractivity contribution in [1.29, 1.82) is 0 Å². The molecule has 1 amide bonds. The van der Waals surface area contributed by atoms with Gasteiger partial charge in [-0.3, -0.25) is 9.48 Å². The summed E-state index contributed by atoms with van der Waals surface area (Å²) in [5.41, 5.74) is 1.01. The fourth-order valence-corrected chi connectivity index (χ4v) is 3.01. The van der Waals surface area contributed by atoms with Crippen LogP contribution in [0.5, 0.6) is 0 Å². The van der Waals surface area contributed by atoms with Crippen molar-refractivity contribution in [2.75, 3.05) is 13.2 Å². The van der Waals surface area contributed by atoms with Gasteiger partial charge in [0, 0.05) is 37.4 Å². The molecule has 134 valence electrons. The van der Waals surface area contributed by atoms with Gasteiger partial charge < -0.3 is 19.6 Å². The minimum Gasteiger partial charge on any atom is -0.475 e. The van der Waals surface area contributed by atoms with Crippen molar-refractivity contribution in [2.24, 2.45) is 5.92 Å². The quantitative estimate of drug-likeness (QED) is 0.829. The van der Waals surface area contributed by atoms with Crippen LogP contribution in [-0.2, 0) is 11.3 Å². The Kier molecular flexibility index (Phi) is 5.18. The molecule has 0 saturated carbocycles. The highest BCUT2D eigenvalue weighted by molar-refractivity contribution is 5.93. The predicted molar refractivity (Wildman–Crippen MR) is 87.3 cm³/mol. The molecular formula is C17H21N3O5. The van der Waals surface area contributed by atoms with Crippen LogP contribution in [0, 0.1) is 5.92 Å². The molecule has 25 heavy (non-hydrogen) atoms. The lowest BCUT2D eigenvalue weighted by molar-refractivity contribution is -0.0273. The monoisotopic (exact) mass is 347 g/mol. The van der Waals surface area contributed by atoms with Crippen molar-refractivity contribution in [3.63, 3.8) is 0 Å². The van der Waals surface area contributed by atoms with Crippen LogP contribution < -0.4 is 5.32 Å². The van der Waals surface area contributed by atoms with E-state index >= 15 is 0 Å².